The predicted molar refractivity (Wildman–Crippen MR) is 84.1 cm³/mol. The van der Waals surface area contributed by atoms with Crippen LogP contribution in [0, 0.1) is 11.7 Å². The lowest BCUT2D eigenvalue weighted by atomic mass is 9.82. The van der Waals surface area contributed by atoms with E-state index in [1.54, 1.807) is 6.07 Å². The van der Waals surface area contributed by atoms with Crippen LogP contribution in [-0.4, -0.2) is 16.3 Å². The summed E-state index contributed by atoms with van der Waals surface area (Å²) in [5, 5.41) is 11.8. The van der Waals surface area contributed by atoms with Crippen LogP contribution in [0.1, 0.15) is 45.1 Å². The van der Waals surface area contributed by atoms with Gasteiger partial charge in [0.05, 0.1) is 17.3 Å². The second-order valence-electron chi connectivity index (χ2n) is 7.05. The summed E-state index contributed by atoms with van der Waals surface area (Å²) in [5.74, 6) is -0.207. The third-order valence-corrected chi connectivity index (χ3v) is 5.49. The molecule has 1 aliphatic heterocycles. The van der Waals surface area contributed by atoms with Gasteiger partial charge in [0, 0.05) is 15.5 Å². The van der Waals surface area contributed by atoms with E-state index in [9.17, 15) is 9.50 Å². The van der Waals surface area contributed by atoms with Gasteiger partial charge in [0.1, 0.15) is 5.82 Å². The molecule has 2 nitrogen and oxygen atoms in total. The Morgan fingerprint density at radius 2 is 2.00 bits per heavy atom. The van der Waals surface area contributed by atoms with E-state index in [0.717, 1.165) is 21.4 Å². The van der Waals surface area contributed by atoms with Gasteiger partial charge in [-0.05, 0) is 57.7 Å². The molecule has 1 aromatic carbocycles. The minimum atomic E-state index is -0.581. The van der Waals surface area contributed by atoms with Crippen molar-refractivity contribution in [2.24, 2.45) is 5.92 Å². The van der Waals surface area contributed by atoms with Gasteiger partial charge in [0.15, 0.2) is 0 Å². The standard InChI is InChI=1S/C17H21FO2S/c1-16(2)9-12(17(3,4)20-16)15(19)14-7-10-5-6-11(18)8-13(10)21-14/h5-8,12,15,19H,9H2,1-4H3. The van der Waals surface area contributed by atoms with E-state index in [0.29, 0.717) is 0 Å². The van der Waals surface area contributed by atoms with Gasteiger partial charge in [-0.1, -0.05) is 6.07 Å². The summed E-state index contributed by atoms with van der Waals surface area (Å²) in [5.41, 5.74) is -0.595. The zero-order valence-electron chi connectivity index (χ0n) is 12.8. The van der Waals surface area contributed by atoms with Gasteiger partial charge < -0.3 is 9.84 Å². The van der Waals surface area contributed by atoms with E-state index in [-0.39, 0.29) is 22.9 Å². The molecule has 1 aliphatic rings. The van der Waals surface area contributed by atoms with Gasteiger partial charge in [-0.3, -0.25) is 0 Å². The third kappa shape index (κ3) is 2.72. The van der Waals surface area contributed by atoms with Gasteiger partial charge in [-0.15, -0.1) is 11.3 Å². The van der Waals surface area contributed by atoms with Crippen molar-refractivity contribution in [3.8, 4) is 0 Å². The predicted octanol–water partition coefficient (Wildman–Crippen LogP) is 4.67. The number of fused-ring (bicyclic) bond motifs is 1. The Hall–Kier alpha value is -0.970. The van der Waals surface area contributed by atoms with Crippen LogP contribution in [0.3, 0.4) is 0 Å². The quantitative estimate of drug-likeness (QED) is 0.873. The van der Waals surface area contributed by atoms with E-state index >= 15 is 0 Å². The molecule has 0 bridgehead atoms. The Kier molecular flexibility index (Phi) is 3.39. The zero-order chi connectivity index (χ0) is 15.4. The Morgan fingerprint density at radius 3 is 2.62 bits per heavy atom. The summed E-state index contributed by atoms with van der Waals surface area (Å²) >= 11 is 1.46. The second kappa shape index (κ2) is 4.77. The minimum absolute atomic E-state index is 0.0328. The first kappa shape index (κ1) is 14.9. The minimum Gasteiger partial charge on any atom is -0.387 e. The van der Waals surface area contributed by atoms with Crippen LogP contribution in [0.2, 0.25) is 0 Å². The molecule has 114 valence electrons. The van der Waals surface area contributed by atoms with Crippen molar-refractivity contribution < 1.29 is 14.2 Å². The maximum absolute atomic E-state index is 13.3. The van der Waals surface area contributed by atoms with Crippen molar-refractivity contribution in [1.82, 2.24) is 0 Å². The molecular weight excluding hydrogens is 287 g/mol. The maximum Gasteiger partial charge on any atom is 0.124 e. The summed E-state index contributed by atoms with van der Waals surface area (Å²) in [6, 6.07) is 6.70. The Morgan fingerprint density at radius 1 is 1.29 bits per heavy atom. The van der Waals surface area contributed by atoms with Gasteiger partial charge in [0.25, 0.3) is 0 Å². The molecule has 0 aliphatic carbocycles. The van der Waals surface area contributed by atoms with E-state index < -0.39 is 6.10 Å². The lowest BCUT2D eigenvalue weighted by molar-refractivity contribution is -0.0876. The van der Waals surface area contributed by atoms with Crippen LogP contribution >= 0.6 is 11.3 Å². The average molecular weight is 308 g/mol. The molecule has 2 unspecified atom stereocenters. The van der Waals surface area contributed by atoms with Crippen LogP contribution in [0.5, 0.6) is 0 Å². The fourth-order valence-corrected chi connectivity index (χ4v) is 4.61. The van der Waals surface area contributed by atoms with Crippen molar-refractivity contribution in [3.63, 3.8) is 0 Å². The molecule has 1 N–H and O–H groups in total. The highest BCUT2D eigenvalue weighted by molar-refractivity contribution is 7.19. The number of aliphatic hydroxyl groups is 1. The molecule has 0 saturated carbocycles. The van der Waals surface area contributed by atoms with E-state index in [4.69, 9.17) is 4.74 Å². The van der Waals surface area contributed by atoms with Gasteiger partial charge in [0.2, 0.25) is 0 Å². The Bertz CT molecular complexity index is 674. The summed E-state index contributed by atoms with van der Waals surface area (Å²) < 4.78 is 20.2. The van der Waals surface area contributed by atoms with Crippen LogP contribution < -0.4 is 0 Å². The average Bonchev–Trinajstić information content (AvgIpc) is 2.85. The number of hydrogen-bond acceptors (Lipinski definition) is 3. The van der Waals surface area contributed by atoms with Crippen molar-refractivity contribution in [3.05, 3.63) is 35.0 Å². The van der Waals surface area contributed by atoms with Gasteiger partial charge in [-0.2, -0.15) is 0 Å². The SMILES string of the molecule is CC1(C)CC(C(O)c2cc3ccc(F)cc3s2)C(C)(C)O1. The molecule has 1 saturated heterocycles. The number of benzene rings is 1. The molecule has 2 aromatic rings. The highest BCUT2D eigenvalue weighted by Crippen LogP contribution is 2.49. The molecule has 21 heavy (non-hydrogen) atoms. The van der Waals surface area contributed by atoms with Crippen molar-refractivity contribution in [1.29, 1.82) is 0 Å². The lowest BCUT2D eigenvalue weighted by Crippen LogP contribution is -2.32. The smallest absolute Gasteiger partial charge is 0.124 e. The molecule has 0 spiro atoms. The fourth-order valence-electron chi connectivity index (χ4n) is 3.47. The summed E-state index contributed by atoms with van der Waals surface area (Å²) in [6.45, 7) is 8.18. The van der Waals surface area contributed by atoms with Crippen LogP contribution in [0.25, 0.3) is 10.1 Å². The normalized spacial score (nSPS) is 25.3. The number of rotatable bonds is 2. The Labute approximate surface area is 128 Å². The first-order valence-corrected chi connectivity index (χ1v) is 8.07. The molecule has 2 atom stereocenters. The molecule has 0 radical (unpaired) electrons. The molecule has 1 fully saturated rings. The largest absolute Gasteiger partial charge is 0.387 e. The van der Waals surface area contributed by atoms with Crippen molar-refractivity contribution in [2.75, 3.05) is 0 Å². The van der Waals surface area contributed by atoms with Crippen LogP contribution in [0.4, 0.5) is 4.39 Å². The van der Waals surface area contributed by atoms with Crippen LogP contribution in [-0.2, 0) is 4.74 Å². The van der Waals surface area contributed by atoms with Crippen molar-refractivity contribution in [2.45, 2.75) is 51.4 Å². The molecular formula is C17H21FO2S. The molecule has 1 aromatic heterocycles. The van der Waals surface area contributed by atoms with Crippen molar-refractivity contribution >= 4 is 21.4 Å². The first-order valence-electron chi connectivity index (χ1n) is 7.25. The first-order chi connectivity index (χ1) is 9.68. The number of ether oxygens (including phenoxy) is 1. The number of thiophene rings is 1. The highest BCUT2D eigenvalue weighted by atomic mass is 32.1. The fraction of sp³-hybridized carbons (Fsp3) is 0.529. The van der Waals surface area contributed by atoms with E-state index in [2.05, 4.69) is 13.8 Å². The summed E-state index contributed by atoms with van der Waals surface area (Å²) in [4.78, 5) is 0.884. The van der Waals surface area contributed by atoms with E-state index in [1.165, 1.54) is 23.5 Å². The maximum atomic E-state index is 13.3. The monoisotopic (exact) mass is 308 g/mol. The van der Waals surface area contributed by atoms with Gasteiger partial charge in [-0.25, -0.2) is 4.39 Å². The second-order valence-corrected chi connectivity index (χ2v) is 8.17. The lowest BCUT2D eigenvalue weighted by Gasteiger charge is -2.29. The summed E-state index contributed by atoms with van der Waals surface area (Å²) in [6.07, 6.45) is 0.228. The number of halogens is 1. The van der Waals surface area contributed by atoms with E-state index in [1.807, 2.05) is 19.9 Å². The van der Waals surface area contributed by atoms with Gasteiger partial charge >= 0.3 is 0 Å². The molecule has 2 heterocycles. The number of aliphatic hydroxyl groups excluding tert-OH is 1. The third-order valence-electron chi connectivity index (χ3n) is 4.32. The molecule has 0 amide bonds. The Balaban J connectivity index is 1.95. The number of hydrogen-bond donors (Lipinski definition) is 1. The van der Waals surface area contributed by atoms with Crippen LogP contribution in [0.15, 0.2) is 24.3 Å². The molecule has 3 rings (SSSR count). The highest BCUT2D eigenvalue weighted by Gasteiger charge is 2.49. The zero-order valence-corrected chi connectivity index (χ0v) is 13.6. The molecule has 4 heteroatoms. The summed E-state index contributed by atoms with van der Waals surface area (Å²) in [7, 11) is 0. The topological polar surface area (TPSA) is 29.5 Å².